The van der Waals surface area contributed by atoms with Crippen LogP contribution in [-0.4, -0.2) is 38.8 Å². The fraction of sp³-hybridized carbons (Fsp3) is 0.300. The van der Waals surface area contributed by atoms with E-state index < -0.39 is 0 Å². The Balaban J connectivity index is 1.49. The average molecular weight is 398 g/mol. The van der Waals surface area contributed by atoms with Crippen LogP contribution in [0.5, 0.6) is 5.75 Å². The molecule has 3 aromatic rings. The molecule has 0 bridgehead atoms. The van der Waals surface area contributed by atoms with Crippen LogP contribution in [-0.2, 0) is 13.0 Å². The molecule has 0 saturated heterocycles. The summed E-state index contributed by atoms with van der Waals surface area (Å²) in [6.07, 6.45) is 5.82. The number of hydrogen-bond acceptors (Lipinski definition) is 5. The summed E-state index contributed by atoms with van der Waals surface area (Å²) >= 11 is 6.05. The molecular formula is C20H20ClN5O2. The van der Waals surface area contributed by atoms with Gasteiger partial charge in [0.05, 0.1) is 12.7 Å². The van der Waals surface area contributed by atoms with Crippen molar-refractivity contribution < 1.29 is 9.53 Å². The minimum atomic E-state index is -0.184. The molecule has 28 heavy (non-hydrogen) atoms. The van der Waals surface area contributed by atoms with Crippen LogP contribution < -0.4 is 10.1 Å². The van der Waals surface area contributed by atoms with E-state index in [1.54, 1.807) is 30.6 Å². The third-order valence-electron chi connectivity index (χ3n) is 4.92. The van der Waals surface area contributed by atoms with E-state index in [1.807, 2.05) is 12.1 Å². The number of ether oxygens (including phenoxy) is 1. The van der Waals surface area contributed by atoms with Crippen LogP contribution in [0, 0.1) is 0 Å². The smallest absolute Gasteiger partial charge is 0.255 e. The van der Waals surface area contributed by atoms with Gasteiger partial charge in [0, 0.05) is 42.0 Å². The van der Waals surface area contributed by atoms with Gasteiger partial charge in [-0.1, -0.05) is 11.6 Å². The molecule has 0 spiro atoms. The van der Waals surface area contributed by atoms with Crippen molar-refractivity contribution >= 4 is 17.5 Å². The van der Waals surface area contributed by atoms with Crippen molar-refractivity contribution in [3.63, 3.8) is 0 Å². The molecule has 1 aromatic carbocycles. The van der Waals surface area contributed by atoms with E-state index in [4.69, 9.17) is 16.3 Å². The number of carbonyl (C=O) groups excluding carboxylic acids is 1. The molecule has 0 saturated carbocycles. The Kier molecular flexibility index (Phi) is 5.25. The van der Waals surface area contributed by atoms with Crippen LogP contribution >= 0.6 is 11.6 Å². The highest BCUT2D eigenvalue weighted by Crippen LogP contribution is 2.25. The van der Waals surface area contributed by atoms with Gasteiger partial charge in [-0.15, -0.1) is 10.2 Å². The van der Waals surface area contributed by atoms with Crippen molar-refractivity contribution in [3.8, 4) is 17.1 Å². The lowest BCUT2D eigenvalue weighted by atomic mass is 10.1. The van der Waals surface area contributed by atoms with Gasteiger partial charge in [-0.3, -0.25) is 9.78 Å². The van der Waals surface area contributed by atoms with Crippen molar-refractivity contribution in [2.24, 2.45) is 0 Å². The van der Waals surface area contributed by atoms with Gasteiger partial charge in [0.1, 0.15) is 11.6 Å². The first kappa shape index (κ1) is 18.4. The van der Waals surface area contributed by atoms with E-state index in [0.29, 0.717) is 16.3 Å². The summed E-state index contributed by atoms with van der Waals surface area (Å²) in [5.41, 5.74) is 1.43. The van der Waals surface area contributed by atoms with Crippen LogP contribution in [0.15, 0.2) is 42.7 Å². The number of fused-ring (bicyclic) bond motifs is 1. The fourth-order valence-electron chi connectivity index (χ4n) is 3.47. The standard InChI is InChI=1S/C20H20ClN5O2/c1-28-17-4-2-14(21)12-16(17)20(27)23-15-3-5-18-24-25-19(26(18)11-8-15)13-6-9-22-10-7-13/h2,4,6-7,9-10,12,15H,3,5,8,11H2,1H3,(H,23,27). The lowest BCUT2D eigenvalue weighted by Crippen LogP contribution is -2.35. The Morgan fingerprint density at radius 3 is 2.82 bits per heavy atom. The van der Waals surface area contributed by atoms with E-state index >= 15 is 0 Å². The number of aryl methyl sites for hydroxylation is 1. The number of rotatable bonds is 4. The lowest BCUT2D eigenvalue weighted by Gasteiger charge is -2.17. The summed E-state index contributed by atoms with van der Waals surface area (Å²) < 4.78 is 7.42. The minimum absolute atomic E-state index is 0.0307. The van der Waals surface area contributed by atoms with Gasteiger partial charge >= 0.3 is 0 Å². The first-order valence-corrected chi connectivity index (χ1v) is 9.50. The summed E-state index contributed by atoms with van der Waals surface area (Å²) in [6.45, 7) is 0.734. The molecule has 1 atom stereocenters. The Morgan fingerprint density at radius 1 is 1.21 bits per heavy atom. The maximum Gasteiger partial charge on any atom is 0.255 e. The summed E-state index contributed by atoms with van der Waals surface area (Å²) in [4.78, 5) is 16.8. The number of nitrogens with one attached hydrogen (secondary N) is 1. The second kappa shape index (κ2) is 7.98. The molecule has 0 aliphatic carbocycles. The number of carbonyl (C=O) groups is 1. The number of hydrogen-bond donors (Lipinski definition) is 1. The van der Waals surface area contributed by atoms with Crippen molar-refractivity contribution in [2.45, 2.75) is 31.8 Å². The Labute approximate surface area is 167 Å². The molecule has 0 fully saturated rings. The first-order chi connectivity index (χ1) is 13.7. The SMILES string of the molecule is COc1ccc(Cl)cc1C(=O)NC1CCc2nnc(-c3ccncc3)n2CC1. The highest BCUT2D eigenvalue weighted by Gasteiger charge is 2.23. The molecule has 1 amide bonds. The second-order valence-electron chi connectivity index (χ2n) is 6.67. The third kappa shape index (κ3) is 3.71. The average Bonchev–Trinajstić information content (AvgIpc) is 3.03. The molecule has 0 radical (unpaired) electrons. The van der Waals surface area contributed by atoms with E-state index in [1.165, 1.54) is 7.11 Å². The van der Waals surface area contributed by atoms with Crippen LogP contribution in [0.4, 0.5) is 0 Å². The van der Waals surface area contributed by atoms with Crippen LogP contribution in [0.2, 0.25) is 5.02 Å². The topological polar surface area (TPSA) is 81.9 Å². The first-order valence-electron chi connectivity index (χ1n) is 9.12. The number of pyridine rings is 1. The number of methoxy groups -OCH3 is 1. The van der Waals surface area contributed by atoms with Crippen molar-refractivity contribution in [3.05, 3.63) is 59.1 Å². The molecule has 1 aliphatic heterocycles. The monoisotopic (exact) mass is 397 g/mol. The highest BCUT2D eigenvalue weighted by atomic mass is 35.5. The zero-order valence-corrected chi connectivity index (χ0v) is 16.2. The summed E-state index contributed by atoms with van der Waals surface area (Å²) in [5.74, 6) is 2.09. The minimum Gasteiger partial charge on any atom is -0.496 e. The van der Waals surface area contributed by atoms with E-state index in [0.717, 1.165) is 43.0 Å². The molecular weight excluding hydrogens is 378 g/mol. The van der Waals surface area contributed by atoms with E-state index in [-0.39, 0.29) is 11.9 Å². The van der Waals surface area contributed by atoms with Crippen LogP contribution in [0.25, 0.3) is 11.4 Å². The molecule has 7 nitrogen and oxygen atoms in total. The number of aromatic nitrogens is 4. The zero-order chi connectivity index (χ0) is 19.5. The van der Waals surface area contributed by atoms with E-state index in [2.05, 4.69) is 25.1 Å². The molecule has 1 unspecified atom stereocenters. The lowest BCUT2D eigenvalue weighted by molar-refractivity contribution is 0.0930. The molecule has 8 heteroatoms. The Bertz CT molecular complexity index is 990. The maximum atomic E-state index is 12.8. The van der Waals surface area contributed by atoms with Crippen molar-refractivity contribution in [2.75, 3.05) is 7.11 Å². The van der Waals surface area contributed by atoms with Crippen molar-refractivity contribution in [1.29, 1.82) is 0 Å². The quantitative estimate of drug-likeness (QED) is 0.731. The van der Waals surface area contributed by atoms with Gasteiger partial charge in [0.15, 0.2) is 5.82 Å². The predicted molar refractivity (Wildman–Crippen MR) is 105 cm³/mol. The van der Waals surface area contributed by atoms with Gasteiger partial charge in [-0.2, -0.15) is 0 Å². The van der Waals surface area contributed by atoms with E-state index in [9.17, 15) is 4.79 Å². The molecule has 1 aliphatic rings. The normalized spacial score (nSPS) is 16.1. The van der Waals surface area contributed by atoms with Gasteiger partial charge in [-0.05, 0) is 43.2 Å². The zero-order valence-electron chi connectivity index (χ0n) is 15.4. The van der Waals surface area contributed by atoms with Gasteiger partial charge in [0.2, 0.25) is 0 Å². The Morgan fingerprint density at radius 2 is 2.04 bits per heavy atom. The molecule has 3 heterocycles. The largest absolute Gasteiger partial charge is 0.496 e. The van der Waals surface area contributed by atoms with Crippen molar-refractivity contribution in [1.82, 2.24) is 25.1 Å². The van der Waals surface area contributed by atoms with Gasteiger partial charge < -0.3 is 14.6 Å². The summed E-state index contributed by atoms with van der Waals surface area (Å²) in [5, 5.41) is 12.3. The summed E-state index contributed by atoms with van der Waals surface area (Å²) in [7, 11) is 1.54. The molecule has 4 rings (SSSR count). The third-order valence-corrected chi connectivity index (χ3v) is 5.16. The second-order valence-corrected chi connectivity index (χ2v) is 7.11. The Hall–Kier alpha value is -2.93. The number of nitrogens with zero attached hydrogens (tertiary/aromatic N) is 4. The van der Waals surface area contributed by atoms with Crippen LogP contribution in [0.1, 0.15) is 29.0 Å². The maximum absolute atomic E-state index is 12.8. The van der Waals surface area contributed by atoms with Gasteiger partial charge in [-0.25, -0.2) is 0 Å². The highest BCUT2D eigenvalue weighted by molar-refractivity contribution is 6.31. The predicted octanol–water partition coefficient (Wildman–Crippen LogP) is 3.14. The molecule has 1 N–H and O–H groups in total. The van der Waals surface area contributed by atoms with Gasteiger partial charge in [0.25, 0.3) is 5.91 Å². The number of halogens is 1. The van der Waals surface area contributed by atoms with Crippen LogP contribution in [0.3, 0.4) is 0 Å². The molecule has 144 valence electrons. The molecule has 2 aromatic heterocycles. The number of benzene rings is 1. The summed E-state index contributed by atoms with van der Waals surface area (Å²) in [6, 6.07) is 8.91. The number of amides is 1. The fourth-order valence-corrected chi connectivity index (χ4v) is 3.64.